The Bertz CT molecular complexity index is 572. The molecule has 0 radical (unpaired) electrons. The van der Waals surface area contributed by atoms with E-state index in [4.69, 9.17) is 4.74 Å². The van der Waals surface area contributed by atoms with Gasteiger partial charge in [0.25, 0.3) is 5.91 Å². The summed E-state index contributed by atoms with van der Waals surface area (Å²) in [5.74, 6) is -0.897. The van der Waals surface area contributed by atoms with Crippen LogP contribution >= 0.6 is 0 Å². The predicted molar refractivity (Wildman–Crippen MR) is 79.4 cm³/mol. The molecule has 4 heteroatoms. The summed E-state index contributed by atoms with van der Waals surface area (Å²) in [6, 6.07) is 15.8. The molecule has 0 atom stereocenters. The van der Waals surface area contributed by atoms with Crippen LogP contribution in [0.25, 0.3) is 0 Å². The highest BCUT2D eigenvalue weighted by Gasteiger charge is 2.09. The third-order valence-corrected chi connectivity index (χ3v) is 2.98. The first-order chi connectivity index (χ1) is 10.3. The van der Waals surface area contributed by atoms with Crippen molar-refractivity contribution in [3.8, 4) is 0 Å². The number of halogens is 1. The lowest BCUT2D eigenvalue weighted by atomic mass is 10.2. The van der Waals surface area contributed by atoms with Gasteiger partial charge >= 0.3 is 0 Å². The molecule has 0 saturated heterocycles. The van der Waals surface area contributed by atoms with Crippen molar-refractivity contribution in [3.05, 3.63) is 71.5 Å². The van der Waals surface area contributed by atoms with Crippen LogP contribution < -0.4 is 5.32 Å². The molecular weight excluding hydrogens is 269 g/mol. The molecule has 2 aromatic rings. The zero-order valence-electron chi connectivity index (χ0n) is 11.7. The van der Waals surface area contributed by atoms with Gasteiger partial charge in [-0.2, -0.15) is 0 Å². The van der Waals surface area contributed by atoms with E-state index < -0.39 is 11.7 Å². The van der Waals surface area contributed by atoms with Crippen LogP contribution in [0.15, 0.2) is 54.6 Å². The third kappa shape index (κ3) is 5.00. The van der Waals surface area contributed by atoms with E-state index >= 15 is 0 Å². The molecule has 0 aromatic heterocycles. The molecule has 0 aliphatic heterocycles. The molecule has 0 aliphatic carbocycles. The van der Waals surface area contributed by atoms with Crippen LogP contribution in [0.5, 0.6) is 0 Å². The van der Waals surface area contributed by atoms with Crippen molar-refractivity contribution in [1.29, 1.82) is 0 Å². The number of hydrogen-bond acceptors (Lipinski definition) is 2. The zero-order chi connectivity index (χ0) is 14.9. The Balaban J connectivity index is 1.62. The standard InChI is InChI=1S/C17H18FNO2/c18-16-10-5-4-9-15(16)17(20)19-11-6-12-21-13-14-7-2-1-3-8-14/h1-5,7-10H,6,11-13H2,(H,19,20). The van der Waals surface area contributed by atoms with E-state index in [1.165, 1.54) is 12.1 Å². The Labute approximate surface area is 123 Å². The van der Waals surface area contributed by atoms with Gasteiger partial charge in [0.15, 0.2) is 0 Å². The quantitative estimate of drug-likeness (QED) is 0.794. The monoisotopic (exact) mass is 287 g/mol. The first-order valence-electron chi connectivity index (χ1n) is 6.92. The number of nitrogens with one attached hydrogen (secondary N) is 1. The number of hydrogen-bond donors (Lipinski definition) is 1. The molecule has 3 nitrogen and oxygen atoms in total. The van der Waals surface area contributed by atoms with Crippen molar-refractivity contribution in [3.63, 3.8) is 0 Å². The van der Waals surface area contributed by atoms with Crippen LogP contribution in [-0.4, -0.2) is 19.1 Å². The highest BCUT2D eigenvalue weighted by Crippen LogP contribution is 2.05. The highest BCUT2D eigenvalue weighted by molar-refractivity contribution is 5.94. The van der Waals surface area contributed by atoms with Crippen molar-refractivity contribution >= 4 is 5.91 Å². The van der Waals surface area contributed by atoms with E-state index in [9.17, 15) is 9.18 Å². The van der Waals surface area contributed by atoms with E-state index in [2.05, 4.69) is 5.32 Å². The van der Waals surface area contributed by atoms with Crippen molar-refractivity contribution < 1.29 is 13.9 Å². The molecule has 0 unspecified atom stereocenters. The molecule has 0 heterocycles. The maximum atomic E-state index is 13.4. The number of rotatable bonds is 7. The van der Waals surface area contributed by atoms with Crippen molar-refractivity contribution in [1.82, 2.24) is 5.32 Å². The SMILES string of the molecule is O=C(NCCCOCc1ccccc1)c1ccccc1F. The van der Waals surface area contributed by atoms with Crippen molar-refractivity contribution in [2.24, 2.45) is 0 Å². The minimum absolute atomic E-state index is 0.0719. The van der Waals surface area contributed by atoms with Gasteiger partial charge in [0.2, 0.25) is 0 Å². The van der Waals surface area contributed by atoms with Gasteiger partial charge in [-0.3, -0.25) is 4.79 Å². The average molecular weight is 287 g/mol. The second-order valence-electron chi connectivity index (χ2n) is 4.63. The van der Waals surface area contributed by atoms with E-state index in [0.29, 0.717) is 26.2 Å². The average Bonchev–Trinajstić information content (AvgIpc) is 2.52. The topological polar surface area (TPSA) is 38.3 Å². The zero-order valence-corrected chi connectivity index (χ0v) is 11.7. The molecule has 0 bridgehead atoms. The molecule has 0 fully saturated rings. The fourth-order valence-electron chi connectivity index (χ4n) is 1.88. The molecule has 0 aliphatic rings. The Kier molecular flexibility index (Phi) is 5.91. The van der Waals surface area contributed by atoms with Crippen LogP contribution in [0.4, 0.5) is 4.39 Å². The van der Waals surface area contributed by atoms with Crippen molar-refractivity contribution in [2.45, 2.75) is 13.0 Å². The molecule has 2 aromatic carbocycles. The highest BCUT2D eigenvalue weighted by atomic mass is 19.1. The van der Waals surface area contributed by atoms with E-state index in [0.717, 1.165) is 5.56 Å². The molecule has 2 rings (SSSR count). The van der Waals surface area contributed by atoms with E-state index in [1.807, 2.05) is 30.3 Å². The summed E-state index contributed by atoms with van der Waals surface area (Å²) >= 11 is 0. The Hall–Kier alpha value is -2.20. The summed E-state index contributed by atoms with van der Waals surface area (Å²) in [6.45, 7) is 1.57. The first-order valence-corrected chi connectivity index (χ1v) is 6.92. The Morgan fingerprint density at radius 1 is 1.05 bits per heavy atom. The largest absolute Gasteiger partial charge is 0.377 e. The van der Waals surface area contributed by atoms with Crippen LogP contribution in [0.1, 0.15) is 22.3 Å². The molecule has 1 N–H and O–H groups in total. The first kappa shape index (κ1) is 15.2. The minimum Gasteiger partial charge on any atom is -0.377 e. The number of benzene rings is 2. The Morgan fingerprint density at radius 2 is 1.76 bits per heavy atom. The maximum Gasteiger partial charge on any atom is 0.254 e. The molecule has 1 amide bonds. The van der Waals surface area contributed by atoms with Crippen LogP contribution in [-0.2, 0) is 11.3 Å². The molecular formula is C17H18FNO2. The molecule has 110 valence electrons. The lowest BCUT2D eigenvalue weighted by Crippen LogP contribution is -2.26. The van der Waals surface area contributed by atoms with Gasteiger partial charge in [-0.1, -0.05) is 42.5 Å². The van der Waals surface area contributed by atoms with Gasteiger partial charge in [-0.05, 0) is 24.1 Å². The van der Waals surface area contributed by atoms with Crippen LogP contribution in [0.3, 0.4) is 0 Å². The minimum atomic E-state index is -0.504. The fraction of sp³-hybridized carbons (Fsp3) is 0.235. The lowest BCUT2D eigenvalue weighted by Gasteiger charge is -2.07. The second-order valence-corrected chi connectivity index (χ2v) is 4.63. The number of carbonyl (C=O) groups excluding carboxylic acids is 1. The van der Waals surface area contributed by atoms with Gasteiger partial charge in [0.05, 0.1) is 12.2 Å². The van der Waals surface area contributed by atoms with E-state index in [1.54, 1.807) is 12.1 Å². The number of carbonyl (C=O) groups is 1. The van der Waals surface area contributed by atoms with Gasteiger partial charge in [0, 0.05) is 13.2 Å². The summed E-state index contributed by atoms with van der Waals surface area (Å²) in [6.07, 6.45) is 0.688. The Morgan fingerprint density at radius 3 is 2.52 bits per heavy atom. The summed E-state index contributed by atoms with van der Waals surface area (Å²) < 4.78 is 18.9. The molecule has 0 spiro atoms. The summed E-state index contributed by atoms with van der Waals surface area (Å²) in [7, 11) is 0. The van der Waals surface area contributed by atoms with Crippen LogP contribution in [0, 0.1) is 5.82 Å². The number of amides is 1. The number of ether oxygens (including phenoxy) is 1. The van der Waals surface area contributed by atoms with Gasteiger partial charge < -0.3 is 10.1 Å². The summed E-state index contributed by atoms with van der Waals surface area (Å²) in [5, 5.41) is 2.68. The third-order valence-electron chi connectivity index (χ3n) is 2.98. The smallest absolute Gasteiger partial charge is 0.254 e. The predicted octanol–water partition coefficient (Wildman–Crippen LogP) is 3.16. The molecule has 0 saturated carbocycles. The van der Waals surface area contributed by atoms with Crippen LogP contribution in [0.2, 0.25) is 0 Å². The lowest BCUT2D eigenvalue weighted by molar-refractivity contribution is 0.0930. The van der Waals surface area contributed by atoms with Gasteiger partial charge in [0.1, 0.15) is 5.82 Å². The van der Waals surface area contributed by atoms with E-state index in [-0.39, 0.29) is 5.56 Å². The van der Waals surface area contributed by atoms with Gasteiger partial charge in [-0.25, -0.2) is 4.39 Å². The maximum absolute atomic E-state index is 13.4. The van der Waals surface area contributed by atoms with Gasteiger partial charge in [-0.15, -0.1) is 0 Å². The molecule has 21 heavy (non-hydrogen) atoms. The fourth-order valence-corrected chi connectivity index (χ4v) is 1.88. The summed E-state index contributed by atoms with van der Waals surface area (Å²) in [5.41, 5.74) is 1.19. The van der Waals surface area contributed by atoms with Crippen molar-refractivity contribution in [2.75, 3.05) is 13.2 Å². The summed E-state index contributed by atoms with van der Waals surface area (Å²) in [4.78, 5) is 11.7. The second kappa shape index (κ2) is 8.17. The normalized spacial score (nSPS) is 10.3.